The number of carbonyl (C=O) groups is 1. The summed E-state index contributed by atoms with van der Waals surface area (Å²) in [6.07, 6.45) is 2.34. The minimum Gasteiger partial charge on any atom is -0.359 e. The Balaban J connectivity index is 2.40. The molecule has 0 unspecified atom stereocenters. The van der Waals surface area contributed by atoms with Crippen LogP contribution >= 0.6 is 0 Å². The van der Waals surface area contributed by atoms with Gasteiger partial charge in [0.15, 0.2) is 5.78 Å². The first-order valence-electron chi connectivity index (χ1n) is 4.01. The first-order chi connectivity index (χ1) is 5.70. The van der Waals surface area contributed by atoms with Crippen LogP contribution in [0, 0.1) is 0 Å². The van der Waals surface area contributed by atoms with Crippen molar-refractivity contribution in [2.24, 2.45) is 0 Å². The average molecular weight is 166 g/mol. The molecule has 0 saturated carbocycles. The van der Waals surface area contributed by atoms with Crippen LogP contribution in [0.5, 0.6) is 0 Å². The quantitative estimate of drug-likeness (QED) is 0.681. The number of H-pyrrole nitrogens is 1. The number of aromatic nitrogens is 1. The first kappa shape index (κ1) is 9.00. The smallest absolute Gasteiger partial charge is 0.180 e. The molecule has 0 atom stereocenters. The molecule has 1 rings (SSSR count). The fourth-order valence-electron chi connectivity index (χ4n) is 0.964. The number of aromatic amines is 1. The van der Waals surface area contributed by atoms with E-state index in [2.05, 4.69) is 4.98 Å². The third kappa shape index (κ3) is 2.51. The van der Waals surface area contributed by atoms with Gasteiger partial charge in [0.05, 0.1) is 5.69 Å². The van der Waals surface area contributed by atoms with Crippen molar-refractivity contribution in [1.82, 2.24) is 9.88 Å². The van der Waals surface area contributed by atoms with Gasteiger partial charge >= 0.3 is 0 Å². The average Bonchev–Trinajstić information content (AvgIpc) is 2.51. The standard InChI is InChI=1S/C9H14N2O/c1-11(2)7-5-9(12)8-4-3-6-10-8/h3-4,6,10H,5,7H2,1-2H3. The van der Waals surface area contributed by atoms with Crippen LogP contribution in [0.2, 0.25) is 0 Å². The van der Waals surface area contributed by atoms with Crippen molar-refractivity contribution in [3.05, 3.63) is 24.0 Å². The summed E-state index contributed by atoms with van der Waals surface area (Å²) in [6.45, 7) is 0.803. The van der Waals surface area contributed by atoms with E-state index < -0.39 is 0 Å². The minimum atomic E-state index is 0.175. The van der Waals surface area contributed by atoms with Gasteiger partial charge in [-0.05, 0) is 26.2 Å². The van der Waals surface area contributed by atoms with Crippen molar-refractivity contribution in [1.29, 1.82) is 0 Å². The molecular weight excluding hydrogens is 152 g/mol. The van der Waals surface area contributed by atoms with E-state index in [9.17, 15) is 4.79 Å². The second-order valence-corrected chi connectivity index (χ2v) is 3.06. The third-order valence-electron chi connectivity index (χ3n) is 1.68. The maximum Gasteiger partial charge on any atom is 0.180 e. The summed E-state index contributed by atoms with van der Waals surface area (Å²) >= 11 is 0. The van der Waals surface area contributed by atoms with Crippen molar-refractivity contribution in [3.63, 3.8) is 0 Å². The summed E-state index contributed by atoms with van der Waals surface area (Å²) < 4.78 is 0. The van der Waals surface area contributed by atoms with Crippen molar-refractivity contribution >= 4 is 5.78 Å². The highest BCUT2D eigenvalue weighted by molar-refractivity contribution is 5.94. The van der Waals surface area contributed by atoms with Crippen LogP contribution in [0.4, 0.5) is 0 Å². The predicted octanol–water partition coefficient (Wildman–Crippen LogP) is 1.15. The van der Waals surface area contributed by atoms with Gasteiger partial charge in [0.25, 0.3) is 0 Å². The van der Waals surface area contributed by atoms with Crippen molar-refractivity contribution in [2.45, 2.75) is 6.42 Å². The van der Waals surface area contributed by atoms with E-state index in [1.807, 2.05) is 25.1 Å². The molecule has 0 aromatic carbocycles. The number of ketones is 1. The van der Waals surface area contributed by atoms with Crippen LogP contribution in [0.25, 0.3) is 0 Å². The molecule has 0 saturated heterocycles. The summed E-state index contributed by atoms with van der Waals surface area (Å²) in [5.74, 6) is 0.175. The normalized spacial score (nSPS) is 10.6. The van der Waals surface area contributed by atoms with Gasteiger partial charge in [-0.25, -0.2) is 0 Å². The lowest BCUT2D eigenvalue weighted by Crippen LogP contribution is -2.16. The molecule has 3 heteroatoms. The lowest BCUT2D eigenvalue weighted by Gasteiger charge is -2.06. The van der Waals surface area contributed by atoms with E-state index in [-0.39, 0.29) is 5.78 Å². The maximum atomic E-state index is 11.4. The van der Waals surface area contributed by atoms with E-state index in [4.69, 9.17) is 0 Å². The molecule has 0 spiro atoms. The van der Waals surface area contributed by atoms with Crippen LogP contribution in [0.15, 0.2) is 18.3 Å². The van der Waals surface area contributed by atoms with Gasteiger partial charge in [0.2, 0.25) is 0 Å². The number of rotatable bonds is 4. The van der Waals surface area contributed by atoms with Gasteiger partial charge in [-0.15, -0.1) is 0 Å². The molecule has 1 aromatic rings. The Morgan fingerprint density at radius 1 is 1.58 bits per heavy atom. The number of nitrogens with zero attached hydrogens (tertiary/aromatic N) is 1. The number of hydrogen-bond donors (Lipinski definition) is 1. The molecular formula is C9H14N2O. The molecule has 0 aliphatic rings. The molecule has 12 heavy (non-hydrogen) atoms. The van der Waals surface area contributed by atoms with Gasteiger partial charge in [-0.1, -0.05) is 0 Å². The Morgan fingerprint density at radius 2 is 2.33 bits per heavy atom. The Labute approximate surface area is 72.4 Å². The number of hydrogen-bond acceptors (Lipinski definition) is 2. The Kier molecular flexibility index (Phi) is 3.05. The number of Topliss-reactive ketones (excluding diaryl/α,β-unsaturated/α-hetero) is 1. The largest absolute Gasteiger partial charge is 0.359 e. The van der Waals surface area contributed by atoms with Gasteiger partial charge < -0.3 is 9.88 Å². The van der Waals surface area contributed by atoms with Gasteiger partial charge in [-0.3, -0.25) is 4.79 Å². The number of nitrogens with one attached hydrogen (secondary N) is 1. The molecule has 0 amide bonds. The highest BCUT2D eigenvalue weighted by Crippen LogP contribution is 1.99. The van der Waals surface area contributed by atoms with Gasteiger partial charge in [-0.2, -0.15) is 0 Å². The number of carbonyl (C=O) groups excluding carboxylic acids is 1. The third-order valence-corrected chi connectivity index (χ3v) is 1.68. The zero-order valence-corrected chi connectivity index (χ0v) is 7.50. The Morgan fingerprint density at radius 3 is 2.83 bits per heavy atom. The monoisotopic (exact) mass is 166 g/mol. The van der Waals surface area contributed by atoms with Crippen molar-refractivity contribution in [2.75, 3.05) is 20.6 Å². The minimum absolute atomic E-state index is 0.175. The molecule has 0 bridgehead atoms. The topological polar surface area (TPSA) is 36.1 Å². The SMILES string of the molecule is CN(C)CCC(=O)c1ccc[nH]1. The summed E-state index contributed by atoms with van der Waals surface area (Å²) in [4.78, 5) is 16.2. The van der Waals surface area contributed by atoms with E-state index in [0.29, 0.717) is 12.1 Å². The molecule has 1 N–H and O–H groups in total. The highest BCUT2D eigenvalue weighted by Gasteiger charge is 2.05. The van der Waals surface area contributed by atoms with Gasteiger partial charge in [0.1, 0.15) is 0 Å². The molecule has 0 aliphatic carbocycles. The zero-order chi connectivity index (χ0) is 8.97. The van der Waals surface area contributed by atoms with E-state index in [1.165, 1.54) is 0 Å². The van der Waals surface area contributed by atoms with E-state index in [0.717, 1.165) is 6.54 Å². The van der Waals surface area contributed by atoms with Crippen molar-refractivity contribution in [3.8, 4) is 0 Å². The second-order valence-electron chi connectivity index (χ2n) is 3.06. The molecule has 1 heterocycles. The molecule has 3 nitrogen and oxygen atoms in total. The molecule has 0 fully saturated rings. The molecule has 1 aromatic heterocycles. The lowest BCUT2D eigenvalue weighted by atomic mass is 10.2. The van der Waals surface area contributed by atoms with Crippen molar-refractivity contribution < 1.29 is 4.79 Å². The fraction of sp³-hybridized carbons (Fsp3) is 0.444. The Bertz CT molecular complexity index is 239. The van der Waals surface area contributed by atoms with Crippen LogP contribution in [0.1, 0.15) is 16.9 Å². The molecule has 0 radical (unpaired) electrons. The summed E-state index contributed by atoms with van der Waals surface area (Å²) in [5, 5.41) is 0. The summed E-state index contributed by atoms with van der Waals surface area (Å²) in [7, 11) is 3.92. The molecule has 66 valence electrons. The predicted molar refractivity (Wildman–Crippen MR) is 48.3 cm³/mol. The molecule has 0 aliphatic heterocycles. The lowest BCUT2D eigenvalue weighted by molar-refractivity contribution is 0.0968. The van der Waals surface area contributed by atoms with E-state index >= 15 is 0 Å². The summed E-state index contributed by atoms with van der Waals surface area (Å²) in [6, 6.07) is 3.64. The van der Waals surface area contributed by atoms with Gasteiger partial charge in [0, 0.05) is 19.2 Å². The fourth-order valence-corrected chi connectivity index (χ4v) is 0.964. The maximum absolute atomic E-state index is 11.4. The van der Waals surface area contributed by atoms with Crippen LogP contribution in [-0.2, 0) is 0 Å². The van der Waals surface area contributed by atoms with Crippen LogP contribution in [0.3, 0.4) is 0 Å². The van der Waals surface area contributed by atoms with E-state index in [1.54, 1.807) is 12.3 Å². The summed E-state index contributed by atoms with van der Waals surface area (Å²) in [5.41, 5.74) is 0.705. The van der Waals surface area contributed by atoms with Crippen LogP contribution in [-0.4, -0.2) is 36.3 Å². The Hall–Kier alpha value is -1.09. The second kappa shape index (κ2) is 4.07. The van der Waals surface area contributed by atoms with Crippen LogP contribution < -0.4 is 0 Å². The zero-order valence-electron chi connectivity index (χ0n) is 7.50. The first-order valence-corrected chi connectivity index (χ1v) is 4.01. The highest BCUT2D eigenvalue weighted by atomic mass is 16.1.